The average Bonchev–Trinajstić information content (AvgIpc) is 2.61. The highest BCUT2D eigenvalue weighted by molar-refractivity contribution is 7.89. The van der Waals surface area contributed by atoms with Gasteiger partial charge in [-0.2, -0.15) is 0 Å². The van der Waals surface area contributed by atoms with E-state index in [1.54, 1.807) is 6.07 Å². The maximum absolute atomic E-state index is 13.6. The third-order valence-electron chi connectivity index (χ3n) is 3.60. The number of rotatable bonds is 8. The summed E-state index contributed by atoms with van der Waals surface area (Å²) >= 11 is 0. The van der Waals surface area contributed by atoms with Gasteiger partial charge in [-0.25, -0.2) is 17.5 Å². The van der Waals surface area contributed by atoms with Crippen LogP contribution in [0.3, 0.4) is 0 Å². The van der Waals surface area contributed by atoms with Crippen LogP contribution >= 0.6 is 0 Å². The van der Waals surface area contributed by atoms with Gasteiger partial charge >= 0.3 is 0 Å². The van der Waals surface area contributed by atoms with Crippen LogP contribution < -0.4 is 10.0 Å². The number of unbranched alkanes of at least 4 members (excludes halogenated alkanes) is 2. The zero-order chi connectivity index (χ0) is 18.3. The van der Waals surface area contributed by atoms with Gasteiger partial charge in [0.15, 0.2) is 0 Å². The number of carbonyl (C=O) groups is 1. The quantitative estimate of drug-likeness (QED) is 0.704. The highest BCUT2D eigenvalue weighted by Gasteiger charge is 2.16. The molecule has 0 atom stereocenters. The molecule has 7 heteroatoms. The number of sulfonamides is 1. The lowest BCUT2D eigenvalue weighted by atomic mass is 10.2. The predicted octanol–water partition coefficient (Wildman–Crippen LogP) is 3.55. The van der Waals surface area contributed by atoms with Gasteiger partial charge in [0.25, 0.3) is 5.91 Å². The van der Waals surface area contributed by atoms with Crippen LogP contribution in [0, 0.1) is 5.82 Å². The Hall–Kier alpha value is -2.25. The van der Waals surface area contributed by atoms with Crippen LogP contribution in [0.5, 0.6) is 0 Å². The highest BCUT2D eigenvalue weighted by atomic mass is 32.2. The zero-order valence-corrected chi connectivity index (χ0v) is 14.8. The molecule has 0 spiro atoms. The summed E-state index contributed by atoms with van der Waals surface area (Å²) in [4.78, 5) is 12.3. The third kappa shape index (κ3) is 5.37. The van der Waals surface area contributed by atoms with Gasteiger partial charge in [-0.05, 0) is 36.8 Å². The largest absolute Gasteiger partial charge is 0.319 e. The van der Waals surface area contributed by atoms with Crippen LogP contribution in [-0.2, 0) is 10.0 Å². The number of amides is 1. The van der Waals surface area contributed by atoms with Crippen LogP contribution in [0.25, 0.3) is 0 Å². The van der Waals surface area contributed by atoms with E-state index in [0.717, 1.165) is 19.3 Å². The second-order valence-electron chi connectivity index (χ2n) is 5.57. The van der Waals surface area contributed by atoms with E-state index >= 15 is 0 Å². The molecule has 0 saturated heterocycles. The second kappa shape index (κ2) is 8.73. The smallest absolute Gasteiger partial charge is 0.255 e. The Morgan fingerprint density at radius 3 is 2.56 bits per heavy atom. The van der Waals surface area contributed by atoms with Crippen LogP contribution in [0.2, 0.25) is 0 Å². The number of halogens is 1. The molecule has 0 aliphatic carbocycles. The summed E-state index contributed by atoms with van der Waals surface area (Å²) < 4.78 is 40.7. The van der Waals surface area contributed by atoms with Crippen molar-refractivity contribution in [3.63, 3.8) is 0 Å². The zero-order valence-electron chi connectivity index (χ0n) is 14.0. The second-order valence-corrected chi connectivity index (χ2v) is 7.33. The summed E-state index contributed by atoms with van der Waals surface area (Å²) in [5, 5.41) is 2.44. The number of nitrogens with one attached hydrogen (secondary N) is 2. The van der Waals surface area contributed by atoms with Gasteiger partial charge in [0, 0.05) is 12.1 Å². The molecular weight excluding hydrogens is 343 g/mol. The lowest BCUT2D eigenvalue weighted by molar-refractivity contribution is 0.102. The molecule has 0 saturated carbocycles. The van der Waals surface area contributed by atoms with Crippen LogP contribution in [0.4, 0.5) is 10.1 Å². The molecular formula is C18H21FN2O3S. The third-order valence-corrected chi connectivity index (χ3v) is 5.06. The molecule has 25 heavy (non-hydrogen) atoms. The summed E-state index contributed by atoms with van der Waals surface area (Å²) in [5.41, 5.74) is 0.179. The van der Waals surface area contributed by atoms with Crippen LogP contribution in [-0.4, -0.2) is 20.9 Å². The Labute approximate surface area is 147 Å². The summed E-state index contributed by atoms with van der Waals surface area (Å²) in [7, 11) is -3.68. The topological polar surface area (TPSA) is 75.3 Å². The van der Waals surface area contributed by atoms with Gasteiger partial charge in [0.05, 0.1) is 10.6 Å². The van der Waals surface area contributed by atoms with Crippen LogP contribution in [0.15, 0.2) is 53.4 Å². The molecule has 2 aromatic carbocycles. The van der Waals surface area contributed by atoms with Gasteiger partial charge in [-0.3, -0.25) is 4.79 Å². The maximum atomic E-state index is 13.6. The first kappa shape index (κ1) is 19.1. The van der Waals surface area contributed by atoms with E-state index in [0.29, 0.717) is 6.54 Å². The highest BCUT2D eigenvalue weighted by Crippen LogP contribution is 2.16. The van der Waals surface area contributed by atoms with Gasteiger partial charge < -0.3 is 5.32 Å². The lowest BCUT2D eigenvalue weighted by Crippen LogP contribution is -2.25. The molecule has 0 heterocycles. The molecule has 2 aromatic rings. The standard InChI is InChI=1S/C18H21FN2O3S/c1-2-3-6-12-20-25(23,24)15-9-7-8-14(13-15)18(22)21-17-11-5-4-10-16(17)19/h4-5,7-11,13,20H,2-3,6,12H2,1H3,(H,21,22). The molecule has 0 radical (unpaired) electrons. The van der Waals surface area contributed by atoms with Gasteiger partial charge in [0.1, 0.15) is 5.82 Å². The van der Waals surface area contributed by atoms with E-state index in [2.05, 4.69) is 10.0 Å². The number of para-hydroxylation sites is 1. The van der Waals surface area contributed by atoms with Gasteiger partial charge in [0.2, 0.25) is 10.0 Å². The van der Waals surface area contributed by atoms with E-state index in [-0.39, 0.29) is 16.1 Å². The number of anilines is 1. The minimum Gasteiger partial charge on any atom is -0.319 e. The predicted molar refractivity (Wildman–Crippen MR) is 95.5 cm³/mol. The SMILES string of the molecule is CCCCCNS(=O)(=O)c1cccc(C(=O)Nc2ccccc2F)c1. The molecule has 0 bridgehead atoms. The van der Waals surface area contributed by atoms with Gasteiger partial charge in [-0.15, -0.1) is 0 Å². The van der Waals surface area contributed by atoms with Crippen molar-refractivity contribution in [3.05, 3.63) is 59.9 Å². The summed E-state index contributed by atoms with van der Waals surface area (Å²) in [5.74, 6) is -1.13. The fourth-order valence-corrected chi connectivity index (χ4v) is 3.35. The molecule has 0 aliphatic rings. The molecule has 5 nitrogen and oxygen atoms in total. The Morgan fingerprint density at radius 1 is 1.08 bits per heavy atom. The fraction of sp³-hybridized carbons (Fsp3) is 0.278. The molecule has 1 amide bonds. The first-order valence-corrected chi connectivity index (χ1v) is 9.58. The van der Waals surface area contributed by atoms with E-state index in [9.17, 15) is 17.6 Å². The molecule has 0 aliphatic heterocycles. The van der Waals surface area contributed by atoms with Crippen molar-refractivity contribution in [3.8, 4) is 0 Å². The van der Waals surface area contributed by atoms with E-state index < -0.39 is 21.7 Å². The first-order valence-electron chi connectivity index (χ1n) is 8.09. The van der Waals surface area contributed by atoms with Crippen molar-refractivity contribution >= 4 is 21.6 Å². The monoisotopic (exact) mass is 364 g/mol. The molecule has 0 unspecified atom stereocenters. The molecule has 2 N–H and O–H groups in total. The number of hydrogen-bond donors (Lipinski definition) is 2. The van der Waals surface area contributed by atoms with Crippen LogP contribution in [0.1, 0.15) is 36.5 Å². The van der Waals surface area contributed by atoms with E-state index in [1.165, 1.54) is 42.5 Å². The van der Waals surface area contributed by atoms with E-state index in [4.69, 9.17) is 0 Å². The van der Waals surface area contributed by atoms with Crippen molar-refractivity contribution in [2.24, 2.45) is 0 Å². The normalized spacial score (nSPS) is 11.3. The molecule has 0 aromatic heterocycles. The van der Waals surface area contributed by atoms with Crippen molar-refractivity contribution in [2.75, 3.05) is 11.9 Å². The van der Waals surface area contributed by atoms with Crippen molar-refractivity contribution in [2.45, 2.75) is 31.1 Å². The summed E-state index contributed by atoms with van der Waals surface area (Å²) in [6.07, 6.45) is 2.68. The molecule has 2 rings (SSSR count). The fourth-order valence-electron chi connectivity index (χ4n) is 2.23. The average molecular weight is 364 g/mol. The number of benzene rings is 2. The summed E-state index contributed by atoms with van der Waals surface area (Å²) in [6.45, 7) is 2.38. The van der Waals surface area contributed by atoms with Crippen molar-refractivity contribution in [1.29, 1.82) is 0 Å². The van der Waals surface area contributed by atoms with Gasteiger partial charge in [-0.1, -0.05) is 38.0 Å². The lowest BCUT2D eigenvalue weighted by Gasteiger charge is -2.09. The Bertz CT molecular complexity index is 838. The Morgan fingerprint density at radius 2 is 1.84 bits per heavy atom. The molecule has 134 valence electrons. The minimum atomic E-state index is -3.68. The number of carbonyl (C=O) groups excluding carboxylic acids is 1. The summed E-state index contributed by atoms with van der Waals surface area (Å²) in [6, 6.07) is 11.4. The Kier molecular flexibility index (Phi) is 6.66. The van der Waals surface area contributed by atoms with Crippen molar-refractivity contribution < 1.29 is 17.6 Å². The Balaban J connectivity index is 2.12. The first-order chi connectivity index (χ1) is 11.9. The molecule has 0 fully saturated rings. The maximum Gasteiger partial charge on any atom is 0.255 e. The minimum absolute atomic E-state index is 0.00480. The van der Waals surface area contributed by atoms with E-state index in [1.807, 2.05) is 6.92 Å². The van der Waals surface area contributed by atoms with Crippen molar-refractivity contribution in [1.82, 2.24) is 4.72 Å². The number of hydrogen-bond acceptors (Lipinski definition) is 3.